The number of aryl methyl sites for hydroxylation is 1. The molecule has 0 unspecified atom stereocenters. The first-order valence-corrected chi connectivity index (χ1v) is 4.73. The topological polar surface area (TPSA) is 38.7 Å². The van der Waals surface area contributed by atoms with Crippen LogP contribution in [0.2, 0.25) is 0 Å². The number of benzene rings is 1. The van der Waals surface area contributed by atoms with Crippen molar-refractivity contribution in [1.29, 1.82) is 0 Å². The Morgan fingerprint density at radius 2 is 1.79 bits per heavy atom. The molecule has 3 heteroatoms. The molecule has 3 nitrogen and oxygen atoms in total. The molecule has 0 saturated carbocycles. The van der Waals surface area contributed by atoms with E-state index < -0.39 is 5.79 Å². The molecule has 0 bridgehead atoms. The second kappa shape index (κ2) is 3.69. The summed E-state index contributed by atoms with van der Waals surface area (Å²) in [5.74, 6) is -0.923. The second-order valence-electron chi connectivity index (χ2n) is 3.47. The molecule has 0 spiro atoms. The molecule has 1 aliphatic heterocycles. The lowest BCUT2D eigenvalue weighted by atomic mass is 10.1. The fourth-order valence-corrected chi connectivity index (χ4v) is 1.61. The first kappa shape index (κ1) is 9.65. The summed E-state index contributed by atoms with van der Waals surface area (Å²) in [6.07, 6.45) is 0. The molecular weight excluding hydrogens is 180 g/mol. The Balaban J connectivity index is 2.31. The van der Waals surface area contributed by atoms with Crippen LogP contribution in [0, 0.1) is 6.92 Å². The number of rotatable bonds is 2. The highest BCUT2D eigenvalue weighted by Gasteiger charge is 2.37. The monoisotopic (exact) mass is 194 g/mol. The molecule has 1 saturated heterocycles. The molecule has 0 radical (unpaired) electrons. The van der Waals surface area contributed by atoms with Gasteiger partial charge in [-0.3, -0.25) is 0 Å². The normalized spacial score (nSPS) is 19.9. The summed E-state index contributed by atoms with van der Waals surface area (Å²) in [4.78, 5) is 0. The van der Waals surface area contributed by atoms with Gasteiger partial charge in [0.1, 0.15) is 6.61 Å². The molecule has 1 aromatic rings. The van der Waals surface area contributed by atoms with Gasteiger partial charge in [0.2, 0.25) is 5.79 Å². The third-order valence-electron chi connectivity index (χ3n) is 2.45. The molecule has 1 aliphatic rings. The second-order valence-corrected chi connectivity index (χ2v) is 3.47. The van der Waals surface area contributed by atoms with Crippen molar-refractivity contribution in [1.82, 2.24) is 0 Å². The van der Waals surface area contributed by atoms with Gasteiger partial charge in [-0.1, -0.05) is 29.8 Å². The number of ether oxygens (including phenoxy) is 2. The lowest BCUT2D eigenvalue weighted by Crippen LogP contribution is -2.31. The van der Waals surface area contributed by atoms with Crippen molar-refractivity contribution in [2.75, 3.05) is 19.8 Å². The van der Waals surface area contributed by atoms with Gasteiger partial charge >= 0.3 is 0 Å². The van der Waals surface area contributed by atoms with Crippen LogP contribution in [-0.4, -0.2) is 24.9 Å². The van der Waals surface area contributed by atoms with Gasteiger partial charge in [-0.25, -0.2) is 0 Å². The Morgan fingerprint density at radius 3 is 2.29 bits per heavy atom. The predicted molar refractivity (Wildman–Crippen MR) is 51.8 cm³/mol. The lowest BCUT2D eigenvalue weighted by molar-refractivity contribution is -0.191. The fraction of sp³-hybridized carbons (Fsp3) is 0.455. The van der Waals surface area contributed by atoms with E-state index >= 15 is 0 Å². The maximum atomic E-state index is 9.29. The summed E-state index contributed by atoms with van der Waals surface area (Å²) >= 11 is 0. The van der Waals surface area contributed by atoms with Crippen LogP contribution in [0.15, 0.2) is 24.3 Å². The van der Waals surface area contributed by atoms with Crippen molar-refractivity contribution >= 4 is 0 Å². The summed E-state index contributed by atoms with van der Waals surface area (Å²) in [5.41, 5.74) is 2.06. The molecule has 1 fully saturated rings. The van der Waals surface area contributed by atoms with Crippen LogP contribution >= 0.6 is 0 Å². The minimum atomic E-state index is -0.923. The molecule has 1 N–H and O–H groups in total. The van der Waals surface area contributed by atoms with Gasteiger partial charge in [0.25, 0.3) is 0 Å². The highest BCUT2D eigenvalue weighted by atomic mass is 16.7. The van der Waals surface area contributed by atoms with E-state index in [1.165, 1.54) is 5.56 Å². The molecule has 0 amide bonds. The van der Waals surface area contributed by atoms with Gasteiger partial charge in [-0.05, 0) is 6.92 Å². The van der Waals surface area contributed by atoms with E-state index in [-0.39, 0.29) is 6.61 Å². The average Bonchev–Trinajstić information content (AvgIpc) is 2.68. The van der Waals surface area contributed by atoms with Crippen LogP contribution in [0.25, 0.3) is 0 Å². The Labute approximate surface area is 83.3 Å². The molecule has 0 aliphatic carbocycles. The van der Waals surface area contributed by atoms with Crippen molar-refractivity contribution in [2.24, 2.45) is 0 Å². The van der Waals surface area contributed by atoms with E-state index in [2.05, 4.69) is 0 Å². The Morgan fingerprint density at radius 1 is 1.21 bits per heavy atom. The van der Waals surface area contributed by atoms with E-state index in [9.17, 15) is 5.11 Å². The molecule has 76 valence electrons. The van der Waals surface area contributed by atoms with Crippen molar-refractivity contribution in [2.45, 2.75) is 12.7 Å². The number of hydrogen-bond donors (Lipinski definition) is 1. The minimum absolute atomic E-state index is 0.143. The smallest absolute Gasteiger partial charge is 0.219 e. The Bertz CT molecular complexity index is 299. The molecule has 0 atom stereocenters. The quantitative estimate of drug-likeness (QED) is 0.768. The van der Waals surface area contributed by atoms with Crippen LogP contribution in [0.1, 0.15) is 11.1 Å². The van der Waals surface area contributed by atoms with E-state index in [0.29, 0.717) is 13.2 Å². The fourth-order valence-electron chi connectivity index (χ4n) is 1.61. The zero-order chi connectivity index (χ0) is 10.0. The third kappa shape index (κ3) is 1.54. The van der Waals surface area contributed by atoms with Gasteiger partial charge in [-0.2, -0.15) is 0 Å². The zero-order valence-corrected chi connectivity index (χ0v) is 8.19. The molecule has 0 aromatic heterocycles. The predicted octanol–water partition coefficient (Wildman–Crippen LogP) is 1.19. The highest BCUT2D eigenvalue weighted by Crippen LogP contribution is 2.30. The summed E-state index contributed by atoms with van der Waals surface area (Å²) in [6, 6.07) is 7.82. The van der Waals surface area contributed by atoms with E-state index in [0.717, 1.165) is 5.56 Å². The summed E-state index contributed by atoms with van der Waals surface area (Å²) in [5, 5.41) is 9.29. The van der Waals surface area contributed by atoms with Gasteiger partial charge in [0.05, 0.1) is 13.2 Å². The molecule has 14 heavy (non-hydrogen) atoms. The number of aliphatic hydroxyl groups excluding tert-OH is 1. The van der Waals surface area contributed by atoms with Gasteiger partial charge < -0.3 is 14.6 Å². The molecule has 1 heterocycles. The van der Waals surface area contributed by atoms with Crippen molar-refractivity contribution < 1.29 is 14.6 Å². The van der Waals surface area contributed by atoms with Crippen LogP contribution < -0.4 is 0 Å². The van der Waals surface area contributed by atoms with Crippen LogP contribution in [0.5, 0.6) is 0 Å². The molecule has 2 rings (SSSR count). The third-order valence-corrected chi connectivity index (χ3v) is 2.45. The minimum Gasteiger partial charge on any atom is -0.390 e. The molecule has 1 aromatic carbocycles. The lowest BCUT2D eigenvalue weighted by Gasteiger charge is -2.25. The maximum absolute atomic E-state index is 9.29. The Hall–Kier alpha value is -0.900. The largest absolute Gasteiger partial charge is 0.390 e. The number of hydrogen-bond acceptors (Lipinski definition) is 3. The van der Waals surface area contributed by atoms with Crippen LogP contribution in [-0.2, 0) is 15.3 Å². The van der Waals surface area contributed by atoms with Crippen molar-refractivity contribution in [3.8, 4) is 0 Å². The van der Waals surface area contributed by atoms with E-state index in [1.807, 2.05) is 31.2 Å². The first-order chi connectivity index (χ1) is 6.77. The van der Waals surface area contributed by atoms with E-state index in [4.69, 9.17) is 9.47 Å². The first-order valence-electron chi connectivity index (χ1n) is 4.73. The standard InChI is InChI=1S/C11H14O3/c1-9-2-4-10(5-3-9)11(8-12)13-6-7-14-11/h2-5,12H,6-8H2,1H3. The van der Waals surface area contributed by atoms with Gasteiger partial charge in [-0.15, -0.1) is 0 Å². The van der Waals surface area contributed by atoms with Crippen LogP contribution in [0.3, 0.4) is 0 Å². The zero-order valence-electron chi connectivity index (χ0n) is 8.19. The Kier molecular flexibility index (Phi) is 2.54. The SMILES string of the molecule is Cc1ccc(C2(CO)OCCO2)cc1. The van der Waals surface area contributed by atoms with Crippen molar-refractivity contribution in [3.05, 3.63) is 35.4 Å². The summed E-state index contributed by atoms with van der Waals surface area (Å²) < 4.78 is 10.9. The maximum Gasteiger partial charge on any atom is 0.219 e. The molecular formula is C11H14O3. The van der Waals surface area contributed by atoms with E-state index in [1.54, 1.807) is 0 Å². The van der Waals surface area contributed by atoms with Gasteiger partial charge in [0.15, 0.2) is 0 Å². The van der Waals surface area contributed by atoms with Gasteiger partial charge in [0, 0.05) is 5.56 Å². The summed E-state index contributed by atoms with van der Waals surface area (Å²) in [7, 11) is 0. The average molecular weight is 194 g/mol. The highest BCUT2D eigenvalue weighted by molar-refractivity contribution is 5.25. The van der Waals surface area contributed by atoms with Crippen LogP contribution in [0.4, 0.5) is 0 Å². The number of aliphatic hydroxyl groups is 1. The summed E-state index contributed by atoms with van der Waals surface area (Å²) in [6.45, 7) is 2.95. The van der Waals surface area contributed by atoms with Crippen molar-refractivity contribution in [3.63, 3.8) is 0 Å².